The van der Waals surface area contributed by atoms with Crippen LogP contribution in [0.3, 0.4) is 0 Å². The second-order valence-corrected chi connectivity index (χ2v) is 8.27. The molecule has 0 amide bonds. The van der Waals surface area contributed by atoms with E-state index in [1.165, 1.54) is 22.5 Å². The minimum absolute atomic E-state index is 0.0407. The minimum atomic E-state index is -3.87. The standard InChI is InChI=1S/C20H19FN2O3S/c1-26-17-9-7-15(8-10-17)20-19-6-3-11-22(19)12-13-23(20)27(24,25)18-5-2-4-16(21)14-18/h2-11,14,20H,12-13H2,1H3/t20-/m0/s1. The van der Waals surface area contributed by atoms with Crippen LogP contribution in [0.1, 0.15) is 17.3 Å². The number of ether oxygens (including phenoxy) is 1. The van der Waals surface area contributed by atoms with Crippen molar-refractivity contribution in [1.29, 1.82) is 0 Å². The molecule has 5 nitrogen and oxygen atoms in total. The molecule has 27 heavy (non-hydrogen) atoms. The van der Waals surface area contributed by atoms with E-state index in [4.69, 9.17) is 4.74 Å². The molecular formula is C20H19FN2O3S. The quantitative estimate of drug-likeness (QED) is 0.690. The fourth-order valence-electron chi connectivity index (χ4n) is 3.51. The van der Waals surface area contributed by atoms with Gasteiger partial charge in [-0.3, -0.25) is 0 Å². The van der Waals surface area contributed by atoms with E-state index in [-0.39, 0.29) is 4.90 Å². The van der Waals surface area contributed by atoms with E-state index in [1.807, 2.05) is 47.2 Å². The van der Waals surface area contributed by atoms with Crippen molar-refractivity contribution in [2.24, 2.45) is 0 Å². The third-order valence-corrected chi connectivity index (χ3v) is 6.69. The van der Waals surface area contributed by atoms with Crippen LogP contribution in [-0.2, 0) is 16.6 Å². The fourth-order valence-corrected chi connectivity index (χ4v) is 5.12. The van der Waals surface area contributed by atoms with E-state index in [1.54, 1.807) is 7.11 Å². The van der Waals surface area contributed by atoms with Gasteiger partial charge in [-0.05, 0) is 48.0 Å². The molecule has 0 saturated heterocycles. The van der Waals surface area contributed by atoms with Crippen LogP contribution in [0.15, 0.2) is 71.8 Å². The first kappa shape index (κ1) is 17.8. The first-order valence-corrected chi connectivity index (χ1v) is 10.0. The minimum Gasteiger partial charge on any atom is -0.497 e. The molecule has 7 heteroatoms. The van der Waals surface area contributed by atoms with Gasteiger partial charge in [0.15, 0.2) is 0 Å². The summed E-state index contributed by atoms with van der Waals surface area (Å²) in [6, 6.07) is 15.8. The summed E-state index contributed by atoms with van der Waals surface area (Å²) < 4.78 is 49.0. The molecule has 3 aromatic rings. The molecule has 0 bridgehead atoms. The third kappa shape index (κ3) is 3.13. The van der Waals surface area contributed by atoms with Crippen LogP contribution in [0.4, 0.5) is 4.39 Å². The highest BCUT2D eigenvalue weighted by atomic mass is 32.2. The predicted molar refractivity (Wildman–Crippen MR) is 99.6 cm³/mol. The lowest BCUT2D eigenvalue weighted by Crippen LogP contribution is -2.42. The fraction of sp³-hybridized carbons (Fsp3) is 0.200. The van der Waals surface area contributed by atoms with Crippen LogP contribution < -0.4 is 4.74 Å². The van der Waals surface area contributed by atoms with E-state index < -0.39 is 21.9 Å². The first-order valence-electron chi connectivity index (χ1n) is 8.57. The molecule has 1 aliphatic rings. The topological polar surface area (TPSA) is 51.5 Å². The molecule has 0 aliphatic carbocycles. The summed E-state index contributed by atoms with van der Waals surface area (Å²) in [6.07, 6.45) is 1.94. The average molecular weight is 386 g/mol. The Balaban J connectivity index is 1.83. The smallest absolute Gasteiger partial charge is 0.244 e. The zero-order valence-electron chi connectivity index (χ0n) is 14.7. The van der Waals surface area contributed by atoms with Crippen molar-refractivity contribution < 1.29 is 17.5 Å². The van der Waals surface area contributed by atoms with Crippen LogP contribution in [0, 0.1) is 5.82 Å². The maximum Gasteiger partial charge on any atom is 0.244 e. The van der Waals surface area contributed by atoms with Crippen LogP contribution in [0.2, 0.25) is 0 Å². The van der Waals surface area contributed by atoms with E-state index in [0.717, 1.165) is 17.3 Å². The summed E-state index contributed by atoms with van der Waals surface area (Å²) in [7, 11) is -2.28. The van der Waals surface area contributed by atoms with E-state index in [0.29, 0.717) is 18.8 Å². The van der Waals surface area contributed by atoms with Gasteiger partial charge >= 0.3 is 0 Å². The number of nitrogens with zero attached hydrogens (tertiary/aromatic N) is 2. The van der Waals surface area contributed by atoms with Gasteiger partial charge in [-0.1, -0.05) is 18.2 Å². The van der Waals surface area contributed by atoms with E-state index >= 15 is 0 Å². The monoisotopic (exact) mass is 386 g/mol. The van der Waals surface area contributed by atoms with Crippen LogP contribution in [0.5, 0.6) is 5.75 Å². The summed E-state index contributed by atoms with van der Waals surface area (Å²) in [5, 5.41) is 0. The molecule has 2 heterocycles. The van der Waals surface area contributed by atoms with Gasteiger partial charge in [0.05, 0.1) is 18.0 Å². The number of methoxy groups -OCH3 is 1. The zero-order chi connectivity index (χ0) is 19.0. The van der Waals surface area contributed by atoms with Crippen molar-refractivity contribution in [2.75, 3.05) is 13.7 Å². The maximum absolute atomic E-state index is 13.7. The number of aromatic nitrogens is 1. The van der Waals surface area contributed by atoms with Crippen molar-refractivity contribution in [3.8, 4) is 5.75 Å². The Morgan fingerprint density at radius 1 is 1.04 bits per heavy atom. The summed E-state index contributed by atoms with van der Waals surface area (Å²) in [5.74, 6) is 0.127. The molecule has 0 spiro atoms. The lowest BCUT2D eigenvalue weighted by atomic mass is 10.0. The second kappa shape index (κ2) is 6.83. The van der Waals surface area contributed by atoms with Crippen LogP contribution >= 0.6 is 0 Å². The normalized spacial score (nSPS) is 17.5. The number of rotatable bonds is 4. The lowest BCUT2D eigenvalue weighted by Gasteiger charge is -2.36. The largest absolute Gasteiger partial charge is 0.497 e. The Morgan fingerprint density at radius 2 is 1.81 bits per heavy atom. The average Bonchev–Trinajstić information content (AvgIpc) is 3.16. The van der Waals surface area contributed by atoms with Crippen molar-refractivity contribution in [1.82, 2.24) is 8.87 Å². The number of halogens is 1. The van der Waals surface area contributed by atoms with Crippen molar-refractivity contribution in [2.45, 2.75) is 17.5 Å². The van der Waals surface area contributed by atoms with E-state index in [9.17, 15) is 12.8 Å². The number of hydrogen-bond acceptors (Lipinski definition) is 3. The lowest BCUT2D eigenvalue weighted by molar-refractivity contribution is 0.298. The highest BCUT2D eigenvalue weighted by Crippen LogP contribution is 2.37. The second-order valence-electron chi connectivity index (χ2n) is 6.38. The molecule has 0 unspecified atom stereocenters. The zero-order valence-corrected chi connectivity index (χ0v) is 15.6. The van der Waals surface area contributed by atoms with Gasteiger partial charge in [-0.2, -0.15) is 4.31 Å². The Labute approximate surface area is 157 Å². The summed E-state index contributed by atoms with van der Waals surface area (Å²) in [5.41, 5.74) is 1.71. The first-order chi connectivity index (χ1) is 13.0. The number of hydrogen-bond donors (Lipinski definition) is 0. The molecule has 4 rings (SSSR count). The predicted octanol–water partition coefficient (Wildman–Crippen LogP) is 3.43. The van der Waals surface area contributed by atoms with Gasteiger partial charge in [0.2, 0.25) is 10.0 Å². The third-order valence-electron chi connectivity index (χ3n) is 4.83. The van der Waals surface area contributed by atoms with Gasteiger partial charge in [0, 0.05) is 25.0 Å². The molecule has 1 atom stereocenters. The number of benzene rings is 2. The number of sulfonamides is 1. The molecule has 1 aromatic heterocycles. The highest BCUT2D eigenvalue weighted by Gasteiger charge is 2.37. The molecule has 140 valence electrons. The SMILES string of the molecule is COc1ccc([C@H]2c3cccn3CCN2S(=O)(=O)c2cccc(F)c2)cc1. The van der Waals surface area contributed by atoms with Crippen molar-refractivity contribution >= 4 is 10.0 Å². The van der Waals surface area contributed by atoms with Crippen LogP contribution in [-0.4, -0.2) is 30.9 Å². The van der Waals surface area contributed by atoms with Gasteiger partial charge in [0.1, 0.15) is 11.6 Å². The molecule has 1 aliphatic heterocycles. The van der Waals surface area contributed by atoms with Crippen LogP contribution in [0.25, 0.3) is 0 Å². The Bertz CT molecular complexity index is 1060. The Hall–Kier alpha value is -2.64. The number of fused-ring (bicyclic) bond motifs is 1. The summed E-state index contributed by atoms with van der Waals surface area (Å²) in [4.78, 5) is -0.0407. The van der Waals surface area contributed by atoms with Gasteiger partial charge in [-0.15, -0.1) is 0 Å². The molecular weight excluding hydrogens is 367 g/mol. The van der Waals surface area contributed by atoms with Gasteiger partial charge in [0.25, 0.3) is 0 Å². The maximum atomic E-state index is 13.7. The van der Waals surface area contributed by atoms with Crippen molar-refractivity contribution in [3.05, 3.63) is 83.9 Å². The van der Waals surface area contributed by atoms with Gasteiger partial charge in [-0.25, -0.2) is 12.8 Å². The molecule has 0 radical (unpaired) electrons. The van der Waals surface area contributed by atoms with Gasteiger partial charge < -0.3 is 9.30 Å². The molecule has 0 saturated carbocycles. The molecule has 0 fully saturated rings. The summed E-state index contributed by atoms with van der Waals surface area (Å²) in [6.45, 7) is 0.848. The summed E-state index contributed by atoms with van der Waals surface area (Å²) >= 11 is 0. The molecule has 0 N–H and O–H groups in total. The Morgan fingerprint density at radius 3 is 2.52 bits per heavy atom. The van der Waals surface area contributed by atoms with Crippen molar-refractivity contribution in [3.63, 3.8) is 0 Å². The highest BCUT2D eigenvalue weighted by molar-refractivity contribution is 7.89. The van der Waals surface area contributed by atoms with E-state index in [2.05, 4.69) is 0 Å². The molecule has 2 aromatic carbocycles. The Kier molecular flexibility index (Phi) is 4.49.